The predicted octanol–water partition coefficient (Wildman–Crippen LogP) is 18.5. The summed E-state index contributed by atoms with van der Waals surface area (Å²) in [6.45, 7) is 6.37. The van der Waals surface area contributed by atoms with Crippen LogP contribution in [0.25, 0.3) is 0 Å². The van der Waals surface area contributed by atoms with Crippen LogP contribution in [0.2, 0.25) is 0 Å². The summed E-state index contributed by atoms with van der Waals surface area (Å²) in [5.41, 5.74) is 0. The molecule has 0 aliphatic carbocycles. The van der Waals surface area contributed by atoms with Crippen molar-refractivity contribution in [2.24, 2.45) is 0 Å². The van der Waals surface area contributed by atoms with E-state index in [4.69, 9.17) is 14.2 Å². The fraction of sp³-hybridized carbons (Fsp3) is 0.689. The Hall–Kier alpha value is -3.67. The second-order valence-corrected chi connectivity index (χ2v) is 18.1. The van der Waals surface area contributed by atoms with Crippen LogP contribution >= 0.6 is 0 Å². The molecule has 0 amide bonds. The van der Waals surface area contributed by atoms with Crippen LogP contribution in [0.4, 0.5) is 0 Å². The van der Waals surface area contributed by atoms with Gasteiger partial charge in [0.1, 0.15) is 13.2 Å². The summed E-state index contributed by atoms with van der Waals surface area (Å²) in [5.74, 6) is -0.962. The van der Waals surface area contributed by atoms with Crippen LogP contribution in [0.15, 0.2) is 97.2 Å². The van der Waals surface area contributed by atoms with Crippen molar-refractivity contribution in [3.8, 4) is 0 Å². The van der Waals surface area contributed by atoms with E-state index in [0.717, 1.165) is 96.3 Å². The Kier molecular flexibility index (Phi) is 51.9. The highest BCUT2D eigenvalue weighted by Gasteiger charge is 2.19. The van der Waals surface area contributed by atoms with E-state index in [-0.39, 0.29) is 37.5 Å². The van der Waals surface area contributed by atoms with Crippen molar-refractivity contribution in [3.63, 3.8) is 0 Å². The lowest BCUT2D eigenvalue weighted by Crippen LogP contribution is -2.30. The van der Waals surface area contributed by atoms with Gasteiger partial charge in [-0.15, -0.1) is 0 Å². The maximum absolute atomic E-state index is 12.8. The molecule has 6 nitrogen and oxygen atoms in total. The van der Waals surface area contributed by atoms with Gasteiger partial charge in [-0.05, 0) is 89.9 Å². The zero-order valence-corrected chi connectivity index (χ0v) is 43.6. The largest absolute Gasteiger partial charge is 0.462 e. The molecule has 0 saturated carbocycles. The molecule has 0 aromatic rings. The lowest BCUT2D eigenvalue weighted by Gasteiger charge is -2.18. The first kappa shape index (κ1) is 63.3. The summed E-state index contributed by atoms with van der Waals surface area (Å²) in [7, 11) is 0. The van der Waals surface area contributed by atoms with Crippen molar-refractivity contribution >= 4 is 17.9 Å². The minimum atomic E-state index is -0.808. The van der Waals surface area contributed by atoms with Crippen molar-refractivity contribution in [3.05, 3.63) is 97.2 Å². The van der Waals surface area contributed by atoms with Crippen LogP contribution in [-0.4, -0.2) is 37.2 Å². The van der Waals surface area contributed by atoms with Gasteiger partial charge >= 0.3 is 17.9 Å². The first-order valence-electron chi connectivity index (χ1n) is 27.7. The number of unbranched alkanes of at least 4 members (excludes halogenated alkanes) is 22. The van der Waals surface area contributed by atoms with Gasteiger partial charge in [0, 0.05) is 19.3 Å². The number of ether oxygens (including phenoxy) is 3. The SMILES string of the molecule is CC/C=C\C/C=C\C/C=C\C/C=C\C/C=C\CCCC(=O)OC(COC(=O)CCCCCCCCCCC/C=C\C/C=C\C/C=C\CC)COC(=O)CCCCCCCCCCCCCCC. The highest BCUT2D eigenvalue weighted by molar-refractivity contribution is 5.71. The van der Waals surface area contributed by atoms with Gasteiger partial charge in [-0.1, -0.05) is 240 Å². The van der Waals surface area contributed by atoms with Gasteiger partial charge in [0.25, 0.3) is 0 Å². The van der Waals surface area contributed by atoms with Crippen molar-refractivity contribution in [1.82, 2.24) is 0 Å². The van der Waals surface area contributed by atoms with E-state index in [0.29, 0.717) is 19.3 Å². The Labute approximate surface area is 413 Å². The van der Waals surface area contributed by atoms with Crippen LogP contribution < -0.4 is 0 Å². The van der Waals surface area contributed by atoms with Crippen molar-refractivity contribution in [2.75, 3.05) is 13.2 Å². The molecular formula is C61H102O6. The third-order valence-corrected chi connectivity index (χ3v) is 11.6. The molecule has 0 rings (SSSR count). The van der Waals surface area contributed by atoms with E-state index in [1.165, 1.54) is 109 Å². The lowest BCUT2D eigenvalue weighted by atomic mass is 10.0. The fourth-order valence-electron chi connectivity index (χ4n) is 7.49. The Balaban J connectivity index is 4.46. The van der Waals surface area contributed by atoms with E-state index in [1.54, 1.807) is 0 Å². The van der Waals surface area contributed by atoms with Crippen molar-refractivity contribution in [2.45, 2.75) is 258 Å². The van der Waals surface area contributed by atoms with Crippen molar-refractivity contribution in [1.29, 1.82) is 0 Å². The molecule has 382 valence electrons. The molecule has 67 heavy (non-hydrogen) atoms. The van der Waals surface area contributed by atoms with Crippen LogP contribution in [0.1, 0.15) is 252 Å². The molecule has 0 aliphatic heterocycles. The smallest absolute Gasteiger partial charge is 0.306 e. The number of allylic oxidation sites excluding steroid dienone is 16. The molecule has 0 aromatic heterocycles. The average Bonchev–Trinajstić information content (AvgIpc) is 3.33. The Morgan fingerprint density at radius 1 is 0.313 bits per heavy atom. The number of carbonyl (C=O) groups excluding carboxylic acids is 3. The number of hydrogen-bond acceptors (Lipinski definition) is 6. The molecule has 0 fully saturated rings. The number of rotatable bonds is 49. The third-order valence-electron chi connectivity index (χ3n) is 11.6. The molecule has 0 aromatic carbocycles. The molecule has 0 N–H and O–H groups in total. The number of hydrogen-bond donors (Lipinski definition) is 0. The predicted molar refractivity (Wildman–Crippen MR) is 288 cm³/mol. The standard InChI is InChI=1S/C61H102O6/c1-4-7-10-13-16-19-22-25-27-29-30-32-33-36-39-42-45-48-51-54-60(63)66-57-58(56-65-59(62)53-50-47-44-41-38-35-24-21-18-15-12-9-6-3)67-61(64)55-52-49-46-43-40-37-34-31-28-26-23-20-17-14-11-8-5-2/h7-8,10-11,16-17,19-20,25-28,34,37,43,46,58H,4-6,9,12-15,18,21-24,29-33,35-36,38-42,44-45,47-57H2,1-3H3/b10-7-,11-8-,19-16-,20-17-,27-25-,28-26-,37-34-,46-43-. The van der Waals surface area contributed by atoms with E-state index < -0.39 is 6.10 Å². The molecule has 1 unspecified atom stereocenters. The van der Waals surface area contributed by atoms with Gasteiger partial charge < -0.3 is 14.2 Å². The highest BCUT2D eigenvalue weighted by atomic mass is 16.6. The molecule has 0 spiro atoms. The topological polar surface area (TPSA) is 78.9 Å². The number of carbonyl (C=O) groups is 3. The van der Waals surface area contributed by atoms with Crippen molar-refractivity contribution < 1.29 is 28.6 Å². The minimum Gasteiger partial charge on any atom is -0.462 e. The molecule has 1 atom stereocenters. The minimum absolute atomic E-state index is 0.100. The van der Waals surface area contributed by atoms with Crippen LogP contribution in [0.5, 0.6) is 0 Å². The highest BCUT2D eigenvalue weighted by Crippen LogP contribution is 2.15. The Morgan fingerprint density at radius 3 is 0.955 bits per heavy atom. The third kappa shape index (κ3) is 53.2. The molecule has 0 bridgehead atoms. The van der Waals surface area contributed by atoms with E-state index in [1.807, 2.05) is 0 Å². The van der Waals surface area contributed by atoms with E-state index in [9.17, 15) is 14.4 Å². The molecule has 0 aliphatic rings. The maximum atomic E-state index is 12.8. The van der Waals surface area contributed by atoms with Crippen LogP contribution in [-0.2, 0) is 28.6 Å². The van der Waals surface area contributed by atoms with Crippen LogP contribution in [0.3, 0.4) is 0 Å². The first-order valence-corrected chi connectivity index (χ1v) is 27.7. The average molecular weight is 931 g/mol. The maximum Gasteiger partial charge on any atom is 0.306 e. The van der Waals surface area contributed by atoms with Gasteiger partial charge in [0.15, 0.2) is 6.10 Å². The summed E-state index contributed by atoms with van der Waals surface area (Å²) in [5, 5.41) is 0. The van der Waals surface area contributed by atoms with Gasteiger partial charge in [0.05, 0.1) is 0 Å². The zero-order valence-electron chi connectivity index (χ0n) is 43.6. The van der Waals surface area contributed by atoms with Gasteiger partial charge in [-0.2, -0.15) is 0 Å². The van der Waals surface area contributed by atoms with Crippen LogP contribution in [0, 0.1) is 0 Å². The second kappa shape index (κ2) is 54.9. The molecule has 0 heterocycles. The Morgan fingerprint density at radius 2 is 0.597 bits per heavy atom. The van der Waals surface area contributed by atoms with Gasteiger partial charge in [0.2, 0.25) is 0 Å². The molecule has 6 heteroatoms. The molecule has 0 saturated heterocycles. The second-order valence-electron chi connectivity index (χ2n) is 18.1. The fourth-order valence-corrected chi connectivity index (χ4v) is 7.49. The molecule has 0 radical (unpaired) electrons. The quantitative estimate of drug-likeness (QED) is 0.0262. The summed E-state index contributed by atoms with van der Waals surface area (Å²) in [6.07, 6.45) is 72.6. The monoisotopic (exact) mass is 931 g/mol. The number of esters is 3. The zero-order chi connectivity index (χ0) is 48.6. The normalized spacial score (nSPS) is 12.8. The summed E-state index contributed by atoms with van der Waals surface area (Å²) >= 11 is 0. The summed E-state index contributed by atoms with van der Waals surface area (Å²) in [4.78, 5) is 38.1. The van der Waals surface area contributed by atoms with E-state index >= 15 is 0 Å². The Bertz CT molecular complexity index is 1350. The van der Waals surface area contributed by atoms with Gasteiger partial charge in [-0.25, -0.2) is 0 Å². The first-order chi connectivity index (χ1) is 33.0. The van der Waals surface area contributed by atoms with Gasteiger partial charge in [-0.3, -0.25) is 14.4 Å². The summed E-state index contributed by atoms with van der Waals surface area (Å²) in [6, 6.07) is 0. The lowest BCUT2D eigenvalue weighted by molar-refractivity contribution is -0.167. The summed E-state index contributed by atoms with van der Waals surface area (Å²) < 4.78 is 16.8. The molecular weight excluding hydrogens is 829 g/mol. The van der Waals surface area contributed by atoms with E-state index in [2.05, 4.69) is 118 Å².